The fraction of sp³-hybridized carbons (Fsp3) is 0.212. The van der Waals surface area contributed by atoms with E-state index in [4.69, 9.17) is 0 Å². The fourth-order valence-electron chi connectivity index (χ4n) is 5.26. The van der Waals surface area contributed by atoms with E-state index in [9.17, 15) is 9.59 Å². The second-order valence-corrected chi connectivity index (χ2v) is 9.92. The van der Waals surface area contributed by atoms with Crippen LogP contribution in [0.15, 0.2) is 103 Å². The Kier molecular flexibility index (Phi) is 7.66. The van der Waals surface area contributed by atoms with Crippen molar-refractivity contribution in [2.75, 3.05) is 23.8 Å². The minimum Gasteiger partial charge on any atom is -0.322 e. The summed E-state index contributed by atoms with van der Waals surface area (Å²) in [5.41, 5.74) is 6.25. The molecule has 0 saturated heterocycles. The van der Waals surface area contributed by atoms with Crippen LogP contribution >= 0.6 is 0 Å². The zero-order chi connectivity index (χ0) is 26.5. The minimum atomic E-state index is -0.158. The Hall–Kier alpha value is -4.22. The first kappa shape index (κ1) is 25.4. The zero-order valence-corrected chi connectivity index (χ0v) is 21.9. The average Bonchev–Trinajstić information content (AvgIpc) is 3.14. The molecule has 1 atom stereocenters. The first-order valence-corrected chi connectivity index (χ1v) is 13.1. The van der Waals surface area contributed by atoms with Crippen molar-refractivity contribution >= 4 is 23.2 Å². The molecule has 4 aromatic rings. The van der Waals surface area contributed by atoms with Crippen molar-refractivity contribution in [2.24, 2.45) is 0 Å². The maximum atomic E-state index is 13.7. The molecule has 0 aromatic heterocycles. The van der Waals surface area contributed by atoms with E-state index >= 15 is 0 Å². The average molecular weight is 504 g/mol. The van der Waals surface area contributed by atoms with Crippen LogP contribution in [0.4, 0.5) is 11.4 Å². The van der Waals surface area contributed by atoms with Crippen LogP contribution in [0.5, 0.6) is 0 Å². The molecule has 0 saturated carbocycles. The number of nitrogens with zero attached hydrogens (tertiary/aromatic N) is 2. The van der Waals surface area contributed by atoms with Gasteiger partial charge in [0.1, 0.15) is 0 Å². The number of nitrogens with one attached hydrogen (secondary N) is 1. The van der Waals surface area contributed by atoms with Crippen LogP contribution in [0, 0.1) is 6.92 Å². The fourth-order valence-corrected chi connectivity index (χ4v) is 5.26. The Morgan fingerprint density at radius 2 is 1.55 bits per heavy atom. The summed E-state index contributed by atoms with van der Waals surface area (Å²) in [6.07, 6.45) is 1.89. The van der Waals surface area contributed by atoms with Gasteiger partial charge in [0.15, 0.2) is 0 Å². The summed E-state index contributed by atoms with van der Waals surface area (Å²) in [5.74, 6) is -0.185. The predicted octanol–water partition coefficient (Wildman–Crippen LogP) is 6.86. The lowest BCUT2D eigenvalue weighted by Crippen LogP contribution is -2.32. The van der Waals surface area contributed by atoms with Crippen molar-refractivity contribution < 1.29 is 9.59 Å². The maximum Gasteiger partial charge on any atom is 0.258 e. The highest BCUT2D eigenvalue weighted by atomic mass is 16.2. The number of hydrogen-bond donors (Lipinski definition) is 1. The summed E-state index contributed by atoms with van der Waals surface area (Å²) in [5, 5.41) is 2.94. The van der Waals surface area contributed by atoms with Gasteiger partial charge < -0.3 is 10.2 Å². The van der Waals surface area contributed by atoms with Crippen LogP contribution in [0.1, 0.15) is 56.3 Å². The number of fused-ring (bicyclic) bond motifs is 1. The van der Waals surface area contributed by atoms with Gasteiger partial charge in [0.25, 0.3) is 11.8 Å². The molecule has 0 spiro atoms. The van der Waals surface area contributed by atoms with E-state index in [0.717, 1.165) is 30.6 Å². The molecule has 5 heteroatoms. The second-order valence-electron chi connectivity index (χ2n) is 9.92. The molecular weight excluding hydrogens is 470 g/mol. The molecule has 1 heterocycles. The third kappa shape index (κ3) is 5.53. The number of carbonyl (C=O) groups excluding carboxylic acids is 2. The molecule has 0 fully saturated rings. The molecule has 4 aromatic carbocycles. The number of anilines is 2. The minimum absolute atomic E-state index is 0.0272. The monoisotopic (exact) mass is 503 g/mol. The number of amides is 2. The van der Waals surface area contributed by atoms with Crippen LogP contribution < -0.4 is 10.2 Å². The predicted molar refractivity (Wildman–Crippen MR) is 154 cm³/mol. The van der Waals surface area contributed by atoms with Crippen LogP contribution in [-0.4, -0.2) is 30.3 Å². The van der Waals surface area contributed by atoms with Crippen LogP contribution in [0.3, 0.4) is 0 Å². The van der Waals surface area contributed by atoms with E-state index < -0.39 is 0 Å². The Balaban J connectivity index is 1.33. The first-order valence-electron chi connectivity index (χ1n) is 13.1. The topological polar surface area (TPSA) is 52.7 Å². The smallest absolute Gasteiger partial charge is 0.258 e. The molecule has 192 valence electrons. The van der Waals surface area contributed by atoms with Gasteiger partial charge in [0.05, 0.1) is 0 Å². The molecule has 1 aliphatic rings. The van der Waals surface area contributed by atoms with Crippen LogP contribution in [0.2, 0.25) is 0 Å². The largest absolute Gasteiger partial charge is 0.322 e. The van der Waals surface area contributed by atoms with E-state index in [0.29, 0.717) is 23.4 Å². The molecule has 1 aliphatic heterocycles. The second kappa shape index (κ2) is 11.4. The highest BCUT2D eigenvalue weighted by Crippen LogP contribution is 2.37. The molecular formula is C33H33N3O2. The number of benzene rings is 4. The lowest BCUT2D eigenvalue weighted by Gasteiger charge is -2.29. The number of para-hydroxylation sites is 1. The van der Waals surface area contributed by atoms with Crippen molar-refractivity contribution in [1.82, 2.24) is 4.90 Å². The Morgan fingerprint density at radius 1 is 0.868 bits per heavy atom. The van der Waals surface area contributed by atoms with Gasteiger partial charge in [0, 0.05) is 41.6 Å². The van der Waals surface area contributed by atoms with Crippen molar-refractivity contribution in [3.05, 3.63) is 131 Å². The van der Waals surface area contributed by atoms with E-state index in [-0.39, 0.29) is 17.9 Å². The van der Waals surface area contributed by atoms with Crippen molar-refractivity contribution in [1.29, 1.82) is 0 Å². The van der Waals surface area contributed by atoms with Crippen molar-refractivity contribution in [3.8, 4) is 0 Å². The van der Waals surface area contributed by atoms with Gasteiger partial charge in [-0.3, -0.25) is 14.5 Å². The molecule has 1 N–H and O–H groups in total. The Labute approximate surface area is 224 Å². The maximum absolute atomic E-state index is 13.7. The molecule has 38 heavy (non-hydrogen) atoms. The van der Waals surface area contributed by atoms with E-state index in [1.165, 1.54) is 11.1 Å². The molecule has 5 nitrogen and oxygen atoms in total. The van der Waals surface area contributed by atoms with Gasteiger partial charge >= 0.3 is 0 Å². The Bertz CT molecular complexity index is 1420. The summed E-state index contributed by atoms with van der Waals surface area (Å²) in [6.45, 7) is 3.43. The summed E-state index contributed by atoms with van der Waals surface area (Å²) < 4.78 is 0. The lowest BCUT2D eigenvalue weighted by atomic mass is 9.99. The molecule has 5 rings (SSSR count). The summed E-state index contributed by atoms with van der Waals surface area (Å²) in [6, 6.07) is 33.7. The SMILES string of the molecule is Cc1ccccc1C(=O)Nc1ccc(C(=O)N2CCCC(N(C)Cc3ccccc3)c3ccccc32)cc1. The molecule has 0 aliphatic carbocycles. The van der Waals surface area contributed by atoms with Crippen LogP contribution in [-0.2, 0) is 6.54 Å². The highest BCUT2D eigenvalue weighted by molar-refractivity contribution is 6.08. The summed E-state index contributed by atoms with van der Waals surface area (Å²) in [4.78, 5) is 30.7. The van der Waals surface area contributed by atoms with E-state index in [1.807, 2.05) is 48.2 Å². The lowest BCUT2D eigenvalue weighted by molar-refractivity contribution is 0.0985. The van der Waals surface area contributed by atoms with Crippen molar-refractivity contribution in [3.63, 3.8) is 0 Å². The zero-order valence-electron chi connectivity index (χ0n) is 21.9. The third-order valence-corrected chi connectivity index (χ3v) is 7.28. The third-order valence-electron chi connectivity index (χ3n) is 7.28. The number of carbonyl (C=O) groups is 2. The van der Waals surface area contributed by atoms with Gasteiger partial charge in [-0.25, -0.2) is 0 Å². The quantitative estimate of drug-likeness (QED) is 0.313. The van der Waals surface area contributed by atoms with Gasteiger partial charge in [-0.2, -0.15) is 0 Å². The summed E-state index contributed by atoms with van der Waals surface area (Å²) >= 11 is 0. The van der Waals surface area contributed by atoms with E-state index in [2.05, 4.69) is 59.7 Å². The standard InChI is InChI=1S/C33H33N3O2/c1-24-11-6-7-14-28(24)32(37)34-27-20-18-26(19-21-27)33(38)36-22-10-17-30(29-15-8-9-16-31(29)36)35(2)23-25-12-4-3-5-13-25/h3-9,11-16,18-21,30H,10,17,22-23H2,1-2H3,(H,34,37). The normalized spacial score (nSPS) is 15.0. The van der Waals surface area contributed by atoms with E-state index in [1.54, 1.807) is 24.3 Å². The summed E-state index contributed by atoms with van der Waals surface area (Å²) in [7, 11) is 2.16. The first-order chi connectivity index (χ1) is 18.5. The molecule has 0 radical (unpaired) electrons. The highest BCUT2D eigenvalue weighted by Gasteiger charge is 2.29. The van der Waals surface area contributed by atoms with Gasteiger partial charge in [0.2, 0.25) is 0 Å². The van der Waals surface area contributed by atoms with Crippen molar-refractivity contribution in [2.45, 2.75) is 32.4 Å². The van der Waals surface area contributed by atoms with Gasteiger partial charge in [-0.05, 0) is 79.9 Å². The van der Waals surface area contributed by atoms with Gasteiger partial charge in [-0.15, -0.1) is 0 Å². The Morgan fingerprint density at radius 3 is 2.32 bits per heavy atom. The number of aryl methyl sites for hydroxylation is 1. The number of hydrogen-bond acceptors (Lipinski definition) is 3. The molecule has 1 unspecified atom stereocenters. The van der Waals surface area contributed by atoms with Gasteiger partial charge in [-0.1, -0.05) is 66.7 Å². The van der Waals surface area contributed by atoms with Crippen LogP contribution in [0.25, 0.3) is 0 Å². The molecule has 2 amide bonds. The molecule has 0 bridgehead atoms. The number of rotatable bonds is 6.